The second-order valence-electron chi connectivity index (χ2n) is 2.69. The Morgan fingerprint density at radius 2 is 1.92 bits per heavy atom. The van der Waals surface area contributed by atoms with E-state index >= 15 is 0 Å². The van der Waals surface area contributed by atoms with Crippen LogP contribution in [-0.4, -0.2) is 8.42 Å². The molecule has 3 nitrogen and oxygen atoms in total. The monoisotopic (exact) mass is 199 g/mol. The van der Waals surface area contributed by atoms with E-state index in [2.05, 4.69) is 4.18 Å². The second-order valence-corrected chi connectivity index (χ2v) is 3.32. The highest BCUT2D eigenvalue weighted by Crippen LogP contribution is 2.18. The first-order valence-electron chi connectivity index (χ1n) is 3.83. The van der Waals surface area contributed by atoms with Gasteiger partial charge in [-0.2, -0.15) is 0 Å². The van der Waals surface area contributed by atoms with Crippen LogP contribution in [0.15, 0.2) is 24.3 Å². The summed E-state index contributed by atoms with van der Waals surface area (Å²) in [5, 5.41) is 0. The number of benzene rings is 1. The van der Waals surface area contributed by atoms with Crippen molar-refractivity contribution in [3.8, 4) is 0 Å². The Bertz CT molecular complexity index is 350. The Labute approximate surface area is 79.5 Å². The summed E-state index contributed by atoms with van der Waals surface area (Å²) in [6, 6.07) is 7.46. The molecule has 0 heterocycles. The third-order valence-corrected chi connectivity index (χ3v) is 2.16. The van der Waals surface area contributed by atoms with Crippen LogP contribution in [0.2, 0.25) is 0 Å². The summed E-state index contributed by atoms with van der Waals surface area (Å²) in [6.07, 6.45) is 0.411. The van der Waals surface area contributed by atoms with Gasteiger partial charge in [-0.3, -0.25) is 4.18 Å². The number of rotatable bonds is 3. The van der Waals surface area contributed by atoms with Crippen LogP contribution >= 0.6 is 0 Å². The van der Waals surface area contributed by atoms with Crippen molar-refractivity contribution in [1.29, 1.82) is 0 Å². The van der Waals surface area contributed by atoms with Crippen molar-refractivity contribution in [2.75, 3.05) is 0 Å². The lowest BCUT2D eigenvalue weighted by Crippen LogP contribution is -2.01. The van der Waals surface area contributed by atoms with Crippen molar-refractivity contribution in [2.24, 2.45) is 0 Å². The molecule has 1 aromatic carbocycles. The molecule has 0 fully saturated rings. The second kappa shape index (κ2) is 4.39. The fourth-order valence-electron chi connectivity index (χ4n) is 1.13. The van der Waals surface area contributed by atoms with E-state index in [-0.39, 0.29) is 0 Å². The maximum Gasteiger partial charge on any atom is 0.258 e. The largest absolute Gasteiger partial charge is 0.258 e. The van der Waals surface area contributed by atoms with Gasteiger partial charge in [0.15, 0.2) is 0 Å². The van der Waals surface area contributed by atoms with Gasteiger partial charge in [0.1, 0.15) is 6.10 Å². The van der Waals surface area contributed by atoms with E-state index in [1.54, 1.807) is 6.92 Å². The van der Waals surface area contributed by atoms with Crippen molar-refractivity contribution in [3.05, 3.63) is 41.5 Å². The third-order valence-electron chi connectivity index (χ3n) is 1.74. The lowest BCUT2D eigenvalue weighted by Gasteiger charge is -2.09. The molecule has 0 unspecified atom stereocenters. The normalized spacial score (nSPS) is 11.1. The summed E-state index contributed by atoms with van der Waals surface area (Å²) in [5.74, 6) is 0. The van der Waals surface area contributed by atoms with E-state index in [1.165, 1.54) is 0 Å². The zero-order chi connectivity index (χ0) is 9.84. The molecular weight excluding hydrogens is 188 g/mol. The molecule has 13 heavy (non-hydrogen) atoms. The number of hydrogen-bond acceptors (Lipinski definition) is 3. The molecule has 0 aromatic heterocycles. The van der Waals surface area contributed by atoms with Gasteiger partial charge in [-0.15, -0.1) is 0 Å². The average Bonchev–Trinajstić information content (AvgIpc) is 2.03. The third kappa shape index (κ3) is 2.82. The molecule has 0 aliphatic heterocycles. The van der Waals surface area contributed by atoms with Crippen molar-refractivity contribution in [3.63, 3.8) is 0 Å². The molecule has 0 atom stereocenters. The maximum atomic E-state index is 10.3. The predicted molar refractivity (Wildman–Crippen MR) is 50.6 cm³/mol. The van der Waals surface area contributed by atoms with Gasteiger partial charge in [0.05, 0.1) is 0 Å². The van der Waals surface area contributed by atoms with Gasteiger partial charge in [-0.25, -0.2) is 8.42 Å². The molecule has 0 spiro atoms. The first-order chi connectivity index (χ1) is 6.11. The molecule has 0 aliphatic carbocycles. The van der Waals surface area contributed by atoms with Crippen molar-refractivity contribution in [1.82, 2.24) is 0 Å². The highest BCUT2D eigenvalue weighted by molar-refractivity contribution is 7.67. The van der Waals surface area contributed by atoms with Gasteiger partial charge >= 0.3 is 0 Å². The smallest absolute Gasteiger partial charge is 0.257 e. The van der Waals surface area contributed by atoms with Gasteiger partial charge in [0.2, 0.25) is 0 Å². The fourth-order valence-corrected chi connectivity index (χ4v) is 1.45. The number of thiol groups is 1. The first kappa shape index (κ1) is 10.2. The molecule has 0 bridgehead atoms. The van der Waals surface area contributed by atoms with Crippen molar-refractivity contribution < 1.29 is 12.6 Å². The van der Waals surface area contributed by atoms with Crippen LogP contribution in [0.3, 0.4) is 0 Å². The van der Waals surface area contributed by atoms with Crippen LogP contribution in [-0.2, 0) is 15.2 Å². The minimum atomic E-state index is -2.81. The molecule has 1 radical (unpaired) electrons. The van der Waals surface area contributed by atoms with E-state index in [4.69, 9.17) is 0 Å². The molecule has 0 aliphatic rings. The van der Waals surface area contributed by atoms with E-state index in [0.717, 1.165) is 11.1 Å². The van der Waals surface area contributed by atoms with Crippen LogP contribution in [0.4, 0.5) is 0 Å². The molecule has 0 saturated carbocycles. The standard InChI is InChI=1S/C9H11O3S/c1-7-5-3-4-6-9(7)8(2)12-13(10)11/h3-6,13H,1-2H3. The summed E-state index contributed by atoms with van der Waals surface area (Å²) in [5.41, 5.74) is 1.82. The van der Waals surface area contributed by atoms with Crippen LogP contribution < -0.4 is 0 Å². The lowest BCUT2D eigenvalue weighted by atomic mass is 10.1. The van der Waals surface area contributed by atoms with Gasteiger partial charge in [-0.1, -0.05) is 24.3 Å². The Hall–Kier alpha value is -0.870. The van der Waals surface area contributed by atoms with Crippen molar-refractivity contribution >= 4 is 11.0 Å². The van der Waals surface area contributed by atoms with E-state index in [9.17, 15) is 8.42 Å². The predicted octanol–water partition coefficient (Wildman–Crippen LogP) is 1.44. The molecule has 0 N–H and O–H groups in total. The fraction of sp³-hybridized carbons (Fsp3) is 0.222. The Morgan fingerprint density at radius 3 is 2.46 bits per heavy atom. The van der Waals surface area contributed by atoms with Gasteiger partial charge in [0, 0.05) is 0 Å². The molecule has 1 rings (SSSR count). The van der Waals surface area contributed by atoms with Crippen LogP contribution in [0.5, 0.6) is 0 Å². The molecule has 0 saturated heterocycles. The van der Waals surface area contributed by atoms with E-state index in [0.29, 0.717) is 6.10 Å². The first-order valence-corrected chi connectivity index (χ1v) is 4.92. The SMILES string of the molecule is C[C](O[SH](=O)=O)c1ccccc1C. The molecule has 0 amide bonds. The van der Waals surface area contributed by atoms with Gasteiger partial charge in [0.25, 0.3) is 11.0 Å². The maximum absolute atomic E-state index is 10.3. The average molecular weight is 199 g/mol. The summed E-state index contributed by atoms with van der Waals surface area (Å²) in [7, 11) is -2.81. The number of hydrogen-bond donors (Lipinski definition) is 1. The Kier molecular flexibility index (Phi) is 3.45. The van der Waals surface area contributed by atoms with E-state index in [1.807, 2.05) is 31.2 Å². The van der Waals surface area contributed by atoms with Crippen LogP contribution in [0.1, 0.15) is 18.1 Å². The molecular formula is C9H11O3S. The molecule has 1 aromatic rings. The summed E-state index contributed by atoms with van der Waals surface area (Å²) >= 11 is 0. The summed E-state index contributed by atoms with van der Waals surface area (Å²) in [6.45, 7) is 3.54. The summed E-state index contributed by atoms with van der Waals surface area (Å²) in [4.78, 5) is 0. The zero-order valence-electron chi connectivity index (χ0n) is 7.48. The van der Waals surface area contributed by atoms with Gasteiger partial charge < -0.3 is 0 Å². The Morgan fingerprint density at radius 1 is 1.31 bits per heavy atom. The van der Waals surface area contributed by atoms with Crippen molar-refractivity contribution in [2.45, 2.75) is 13.8 Å². The van der Waals surface area contributed by atoms with Gasteiger partial charge in [-0.05, 0) is 25.0 Å². The Balaban J connectivity index is 2.88. The highest BCUT2D eigenvalue weighted by Gasteiger charge is 2.09. The topological polar surface area (TPSA) is 43.4 Å². The quantitative estimate of drug-likeness (QED) is 0.749. The van der Waals surface area contributed by atoms with Crippen LogP contribution in [0.25, 0.3) is 0 Å². The minimum absolute atomic E-state index is 0.411. The minimum Gasteiger partial charge on any atom is -0.257 e. The lowest BCUT2D eigenvalue weighted by molar-refractivity contribution is 0.372. The molecule has 4 heteroatoms. The van der Waals surface area contributed by atoms with Crippen LogP contribution in [0, 0.1) is 13.0 Å². The summed E-state index contributed by atoms with van der Waals surface area (Å²) < 4.78 is 25.2. The van der Waals surface area contributed by atoms with E-state index < -0.39 is 11.0 Å². The number of aryl methyl sites for hydroxylation is 1. The zero-order valence-corrected chi connectivity index (χ0v) is 8.38. The highest BCUT2D eigenvalue weighted by atomic mass is 32.2. The molecule has 71 valence electrons.